The van der Waals surface area contributed by atoms with E-state index >= 15 is 0 Å². The molecule has 3 heterocycles. The monoisotopic (exact) mass is 588 g/mol. The van der Waals surface area contributed by atoms with Gasteiger partial charge in [0.2, 0.25) is 5.95 Å². The van der Waals surface area contributed by atoms with Crippen molar-refractivity contribution in [1.29, 1.82) is 0 Å². The molecule has 2 unspecified atom stereocenters. The number of hydrogen-bond donors (Lipinski definition) is 0. The molecule has 0 radical (unpaired) electrons. The van der Waals surface area contributed by atoms with Gasteiger partial charge in [0.15, 0.2) is 0 Å². The first-order valence-corrected chi connectivity index (χ1v) is 15.9. The van der Waals surface area contributed by atoms with Gasteiger partial charge in [-0.15, -0.1) is 0 Å². The van der Waals surface area contributed by atoms with Crippen LogP contribution in [0.5, 0.6) is 0 Å². The molecule has 0 fully saturated rings. The lowest BCUT2D eigenvalue weighted by Gasteiger charge is -2.35. The molecule has 0 amide bonds. The number of benzene rings is 5. The minimum absolute atomic E-state index is 0.0130. The van der Waals surface area contributed by atoms with E-state index in [9.17, 15) is 0 Å². The van der Waals surface area contributed by atoms with Gasteiger partial charge >= 0.3 is 0 Å². The molecule has 1 aliphatic heterocycles. The number of rotatable bonds is 3. The molecule has 2 aromatic heterocycles. The first-order valence-electron chi connectivity index (χ1n) is 15.9. The summed E-state index contributed by atoms with van der Waals surface area (Å²) in [5, 5.41) is 4.88. The SMILES string of the molecule is C1=CC2=c3c(c4ccccc4n3-c3ccccc3)=C3c4ccccc4N(c4nc(-c5ccccc5)c5ccccc5n4)C3C2C=C1. The van der Waals surface area contributed by atoms with E-state index < -0.39 is 0 Å². The minimum Gasteiger partial charge on any atom is -0.309 e. The van der Waals surface area contributed by atoms with Crippen LogP contribution in [0.3, 0.4) is 0 Å². The molecule has 4 nitrogen and oxygen atoms in total. The third-order valence-electron chi connectivity index (χ3n) is 9.72. The fraction of sp³-hybridized carbons (Fsp3) is 0.0476. The predicted molar refractivity (Wildman–Crippen MR) is 188 cm³/mol. The van der Waals surface area contributed by atoms with E-state index in [0.717, 1.165) is 33.8 Å². The lowest BCUT2D eigenvalue weighted by atomic mass is 9.78. The van der Waals surface area contributed by atoms with Gasteiger partial charge in [-0.1, -0.05) is 127 Å². The fourth-order valence-corrected chi connectivity index (χ4v) is 7.89. The number of allylic oxidation sites excluding steroid dienone is 3. The van der Waals surface area contributed by atoms with Crippen molar-refractivity contribution in [3.05, 3.63) is 174 Å². The highest BCUT2D eigenvalue weighted by Gasteiger charge is 2.45. The standard InChI is InChI=1S/C42H28N4/c1-3-15-27(16-4-1)39-31-21-9-12-24-34(31)43-42(44-39)46-36-26-14-11-23-33(36)38-37-32-22-10-13-25-35(32)45(28-17-5-2-6-18-28)40(37)29-19-7-8-20-30(29)41(38)46/h1-26,30,41H. The van der Waals surface area contributed by atoms with Gasteiger partial charge in [0.25, 0.3) is 0 Å². The molecule has 0 spiro atoms. The first-order chi connectivity index (χ1) is 22.9. The van der Waals surface area contributed by atoms with Crippen LogP contribution in [0.1, 0.15) is 5.56 Å². The Morgan fingerprint density at radius 2 is 1.33 bits per heavy atom. The molecule has 7 aromatic rings. The van der Waals surface area contributed by atoms with Crippen molar-refractivity contribution in [3.63, 3.8) is 0 Å². The van der Waals surface area contributed by atoms with Gasteiger partial charge in [-0.05, 0) is 41.5 Å². The zero-order valence-corrected chi connectivity index (χ0v) is 25.0. The van der Waals surface area contributed by atoms with Crippen molar-refractivity contribution >= 4 is 44.6 Å². The molecule has 46 heavy (non-hydrogen) atoms. The van der Waals surface area contributed by atoms with E-state index in [1.165, 1.54) is 43.9 Å². The van der Waals surface area contributed by atoms with E-state index in [1.54, 1.807) is 0 Å². The minimum atomic E-state index is -0.0130. The summed E-state index contributed by atoms with van der Waals surface area (Å²) in [7, 11) is 0. The Bertz CT molecular complexity index is 2540. The summed E-state index contributed by atoms with van der Waals surface area (Å²) >= 11 is 0. The van der Waals surface area contributed by atoms with E-state index in [1.807, 2.05) is 0 Å². The highest BCUT2D eigenvalue weighted by Crippen LogP contribution is 2.49. The van der Waals surface area contributed by atoms with Gasteiger partial charge in [0.1, 0.15) is 0 Å². The van der Waals surface area contributed by atoms with E-state index in [0.29, 0.717) is 0 Å². The summed E-state index contributed by atoms with van der Waals surface area (Å²) in [4.78, 5) is 13.1. The van der Waals surface area contributed by atoms with Crippen LogP contribution < -0.4 is 15.5 Å². The molecule has 0 bridgehead atoms. The molecule has 2 atom stereocenters. The third kappa shape index (κ3) is 3.50. The van der Waals surface area contributed by atoms with Gasteiger partial charge in [0.05, 0.1) is 33.8 Å². The average molecular weight is 589 g/mol. The number of aromatic nitrogens is 3. The Hall–Kier alpha value is -6.00. The number of fused-ring (bicyclic) bond motifs is 9. The third-order valence-corrected chi connectivity index (χ3v) is 9.72. The van der Waals surface area contributed by atoms with Gasteiger partial charge in [-0.2, -0.15) is 0 Å². The second-order valence-corrected chi connectivity index (χ2v) is 12.1. The van der Waals surface area contributed by atoms with Crippen LogP contribution in [0.4, 0.5) is 11.6 Å². The Morgan fingerprint density at radius 1 is 0.609 bits per heavy atom. The molecule has 0 saturated carbocycles. The van der Waals surface area contributed by atoms with Crippen LogP contribution in [0.15, 0.2) is 158 Å². The molecule has 5 aromatic carbocycles. The molecule has 4 heteroatoms. The van der Waals surface area contributed by atoms with E-state index in [-0.39, 0.29) is 12.0 Å². The van der Waals surface area contributed by atoms with Crippen LogP contribution in [0.2, 0.25) is 0 Å². The summed E-state index contributed by atoms with van der Waals surface area (Å²) in [5.41, 5.74) is 10.4. The molecular weight excluding hydrogens is 560 g/mol. The quantitative estimate of drug-likeness (QED) is 0.211. The number of hydrogen-bond acceptors (Lipinski definition) is 3. The number of anilines is 2. The van der Waals surface area contributed by atoms with Crippen LogP contribution in [-0.2, 0) is 0 Å². The molecule has 0 N–H and O–H groups in total. The van der Waals surface area contributed by atoms with Gasteiger partial charge in [0, 0.05) is 38.7 Å². The van der Waals surface area contributed by atoms with Crippen molar-refractivity contribution in [2.45, 2.75) is 6.04 Å². The van der Waals surface area contributed by atoms with Crippen LogP contribution in [0, 0.1) is 5.92 Å². The van der Waals surface area contributed by atoms with Crippen molar-refractivity contribution in [3.8, 4) is 16.9 Å². The van der Waals surface area contributed by atoms with Gasteiger partial charge in [-0.3, -0.25) is 0 Å². The zero-order chi connectivity index (χ0) is 30.2. The summed E-state index contributed by atoms with van der Waals surface area (Å²) in [5.74, 6) is 0.824. The topological polar surface area (TPSA) is 34.0 Å². The second kappa shape index (κ2) is 9.75. The van der Waals surface area contributed by atoms with E-state index in [4.69, 9.17) is 9.97 Å². The molecule has 216 valence electrons. The number of nitrogens with zero attached hydrogens (tertiary/aromatic N) is 4. The molecule has 3 aliphatic rings. The van der Waals surface area contributed by atoms with Crippen molar-refractivity contribution in [2.75, 3.05) is 4.90 Å². The summed E-state index contributed by atoms with van der Waals surface area (Å²) in [6.07, 6.45) is 9.06. The molecular formula is C42H28N4. The Morgan fingerprint density at radius 3 is 2.20 bits per heavy atom. The molecule has 2 aliphatic carbocycles. The lowest BCUT2D eigenvalue weighted by molar-refractivity contribution is 0.688. The van der Waals surface area contributed by atoms with Crippen molar-refractivity contribution in [1.82, 2.24) is 14.5 Å². The van der Waals surface area contributed by atoms with Gasteiger partial charge < -0.3 is 9.47 Å². The van der Waals surface area contributed by atoms with Crippen LogP contribution >= 0.6 is 0 Å². The maximum absolute atomic E-state index is 5.40. The molecule has 10 rings (SSSR count). The Balaban J connectivity index is 1.34. The number of para-hydroxylation sites is 4. The maximum atomic E-state index is 5.40. The Kier molecular flexibility index (Phi) is 5.37. The van der Waals surface area contributed by atoms with Gasteiger partial charge in [-0.25, -0.2) is 9.97 Å². The van der Waals surface area contributed by atoms with Crippen molar-refractivity contribution in [2.24, 2.45) is 5.92 Å². The summed E-state index contributed by atoms with van der Waals surface area (Å²) in [6, 6.07) is 47.3. The highest BCUT2D eigenvalue weighted by molar-refractivity contribution is 6.00. The Labute approximate surface area is 266 Å². The normalized spacial score (nSPS) is 17.7. The maximum Gasteiger partial charge on any atom is 0.231 e. The average Bonchev–Trinajstić information content (AvgIpc) is 3.66. The zero-order valence-electron chi connectivity index (χ0n) is 25.0. The lowest BCUT2D eigenvalue weighted by Crippen LogP contribution is -2.47. The second-order valence-electron chi connectivity index (χ2n) is 12.1. The summed E-state index contributed by atoms with van der Waals surface area (Å²) in [6.45, 7) is 0. The predicted octanol–water partition coefficient (Wildman–Crippen LogP) is 7.87. The smallest absolute Gasteiger partial charge is 0.231 e. The largest absolute Gasteiger partial charge is 0.309 e. The van der Waals surface area contributed by atoms with Crippen molar-refractivity contribution < 1.29 is 0 Å². The van der Waals surface area contributed by atoms with Crippen LogP contribution in [-0.4, -0.2) is 20.6 Å². The summed E-state index contributed by atoms with van der Waals surface area (Å²) < 4.78 is 2.46. The van der Waals surface area contributed by atoms with Crippen LogP contribution in [0.25, 0.3) is 49.9 Å². The first kappa shape index (κ1) is 25.3. The highest BCUT2D eigenvalue weighted by atomic mass is 15.3. The molecule has 0 saturated heterocycles. The van der Waals surface area contributed by atoms with E-state index in [2.05, 4.69) is 167 Å². The fourth-order valence-electron chi connectivity index (χ4n) is 7.89.